The molecule has 154 valence electrons. The first-order valence-corrected chi connectivity index (χ1v) is 10.1. The number of aromatic nitrogens is 1. The molecule has 2 heterocycles. The Balaban J connectivity index is 1.75. The minimum atomic E-state index is -0.372. The Bertz CT molecular complexity index is 951. The normalized spacial score (nSPS) is 13.1. The molecule has 0 spiro atoms. The zero-order chi connectivity index (χ0) is 21.0. The second kappa shape index (κ2) is 9.09. The van der Waals surface area contributed by atoms with Gasteiger partial charge in [-0.25, -0.2) is 9.78 Å². The molecule has 0 radical (unpaired) electrons. The summed E-state index contributed by atoms with van der Waals surface area (Å²) < 4.78 is 16.4. The maximum absolute atomic E-state index is 12.2. The van der Waals surface area contributed by atoms with Crippen LogP contribution in [0.2, 0.25) is 0 Å². The third kappa shape index (κ3) is 4.42. The third-order valence-corrected chi connectivity index (χ3v) is 5.60. The number of esters is 1. The molecule has 1 amide bonds. The number of thiazole rings is 1. The fraction of sp³-hybridized carbons (Fsp3) is 0.381. The summed E-state index contributed by atoms with van der Waals surface area (Å²) in [5.74, 6) is 0.752. The minimum absolute atomic E-state index is 0.0704. The summed E-state index contributed by atoms with van der Waals surface area (Å²) in [6, 6.07) is 0. The number of carbonyl (C=O) groups excluding carboxylic acids is 2. The van der Waals surface area contributed by atoms with Crippen molar-refractivity contribution in [1.29, 1.82) is 0 Å². The van der Waals surface area contributed by atoms with E-state index < -0.39 is 0 Å². The Morgan fingerprint density at radius 3 is 2.72 bits per heavy atom. The minimum Gasteiger partial charge on any atom is -0.496 e. The number of methoxy groups -OCH3 is 2. The zero-order valence-electron chi connectivity index (χ0n) is 17.0. The number of ether oxygens (including phenoxy) is 3. The lowest BCUT2D eigenvalue weighted by atomic mass is 9.94. The van der Waals surface area contributed by atoms with Gasteiger partial charge in [0.25, 0.3) is 0 Å². The number of carbonyl (C=O) groups is 2. The summed E-state index contributed by atoms with van der Waals surface area (Å²) in [5, 5.41) is 5.20. The van der Waals surface area contributed by atoms with E-state index in [2.05, 4.69) is 10.3 Å². The number of nitrogens with zero attached hydrogens (tertiary/aromatic N) is 1. The molecule has 1 aromatic heterocycles. The van der Waals surface area contributed by atoms with Crippen molar-refractivity contribution in [2.75, 3.05) is 19.5 Å². The predicted octanol–water partition coefficient (Wildman–Crippen LogP) is 4.05. The van der Waals surface area contributed by atoms with Gasteiger partial charge in [0.15, 0.2) is 5.13 Å². The van der Waals surface area contributed by atoms with Gasteiger partial charge in [-0.2, -0.15) is 0 Å². The fourth-order valence-electron chi connectivity index (χ4n) is 3.39. The van der Waals surface area contributed by atoms with E-state index in [0.717, 1.165) is 22.3 Å². The van der Waals surface area contributed by atoms with E-state index in [4.69, 9.17) is 14.2 Å². The standard InChI is InChI=1S/C21H24N2O5S/c1-12(6-8-16(24)23-21-22-9-10-29-21)5-7-14-18(26-3)13(2)15-11-28-20(25)17(15)19(14)27-4/h5,9-10H,6-8,11H2,1-4H3,(H,22,23,24). The first-order valence-electron chi connectivity index (χ1n) is 9.24. The molecule has 0 fully saturated rings. The molecular weight excluding hydrogens is 392 g/mol. The van der Waals surface area contributed by atoms with Crippen LogP contribution in [0.5, 0.6) is 11.5 Å². The number of cyclic esters (lactones) is 1. The number of fused-ring (bicyclic) bond motifs is 1. The van der Waals surface area contributed by atoms with Crippen LogP contribution in [0.1, 0.15) is 46.8 Å². The van der Waals surface area contributed by atoms with Gasteiger partial charge in [0, 0.05) is 29.1 Å². The molecule has 0 saturated carbocycles. The number of nitrogens with one attached hydrogen (secondary N) is 1. The lowest BCUT2D eigenvalue weighted by molar-refractivity contribution is -0.116. The smallest absolute Gasteiger partial charge is 0.342 e. The number of allylic oxidation sites excluding steroid dienone is 2. The van der Waals surface area contributed by atoms with E-state index >= 15 is 0 Å². The maximum Gasteiger partial charge on any atom is 0.342 e. The molecule has 0 aliphatic carbocycles. The lowest BCUT2D eigenvalue weighted by Gasteiger charge is -2.18. The summed E-state index contributed by atoms with van der Waals surface area (Å²) in [6.45, 7) is 4.13. The van der Waals surface area contributed by atoms with Gasteiger partial charge in [0.2, 0.25) is 5.91 Å². The fourth-order valence-corrected chi connectivity index (χ4v) is 3.94. The van der Waals surface area contributed by atoms with Crippen LogP contribution in [-0.2, 0) is 22.6 Å². The van der Waals surface area contributed by atoms with Crippen molar-refractivity contribution >= 4 is 28.3 Å². The van der Waals surface area contributed by atoms with E-state index in [-0.39, 0.29) is 18.5 Å². The van der Waals surface area contributed by atoms with E-state index in [9.17, 15) is 9.59 Å². The highest BCUT2D eigenvalue weighted by molar-refractivity contribution is 7.13. The Kier molecular flexibility index (Phi) is 6.53. The van der Waals surface area contributed by atoms with Gasteiger partial charge < -0.3 is 19.5 Å². The SMILES string of the molecule is COc1c(C)c2c(c(OC)c1CC=C(C)CCC(=O)Nc1nccs1)C(=O)OC2. The first-order chi connectivity index (χ1) is 14.0. The quantitative estimate of drug-likeness (QED) is 0.516. The van der Waals surface area contributed by atoms with Crippen molar-refractivity contribution in [2.45, 2.75) is 39.7 Å². The van der Waals surface area contributed by atoms with Crippen LogP contribution in [0.4, 0.5) is 5.13 Å². The molecule has 1 aliphatic rings. The van der Waals surface area contributed by atoms with Gasteiger partial charge in [-0.05, 0) is 32.3 Å². The van der Waals surface area contributed by atoms with Crippen LogP contribution in [0, 0.1) is 6.92 Å². The predicted molar refractivity (Wildman–Crippen MR) is 111 cm³/mol. The number of hydrogen-bond donors (Lipinski definition) is 1. The monoisotopic (exact) mass is 416 g/mol. The van der Waals surface area contributed by atoms with Crippen LogP contribution < -0.4 is 14.8 Å². The average molecular weight is 416 g/mol. The summed E-state index contributed by atoms with van der Waals surface area (Å²) in [5.41, 5.74) is 4.04. The van der Waals surface area contributed by atoms with Gasteiger partial charge in [0.05, 0.1) is 14.2 Å². The first kappa shape index (κ1) is 20.9. The van der Waals surface area contributed by atoms with Crippen molar-refractivity contribution in [2.24, 2.45) is 0 Å². The van der Waals surface area contributed by atoms with Crippen molar-refractivity contribution in [3.63, 3.8) is 0 Å². The molecule has 1 N–H and O–H groups in total. The molecule has 0 atom stereocenters. The van der Waals surface area contributed by atoms with Gasteiger partial charge in [0.1, 0.15) is 23.7 Å². The summed E-state index contributed by atoms with van der Waals surface area (Å²) in [6.07, 6.45) is 5.19. The Morgan fingerprint density at radius 2 is 2.07 bits per heavy atom. The number of anilines is 1. The van der Waals surface area contributed by atoms with Gasteiger partial charge in [-0.1, -0.05) is 11.6 Å². The molecule has 7 nitrogen and oxygen atoms in total. The lowest BCUT2D eigenvalue weighted by Crippen LogP contribution is -2.11. The largest absolute Gasteiger partial charge is 0.496 e. The third-order valence-electron chi connectivity index (χ3n) is 4.91. The Labute approximate surface area is 173 Å². The van der Waals surface area contributed by atoms with E-state index in [1.54, 1.807) is 20.4 Å². The van der Waals surface area contributed by atoms with Crippen molar-refractivity contribution < 1.29 is 23.8 Å². The summed E-state index contributed by atoms with van der Waals surface area (Å²) >= 11 is 1.39. The maximum atomic E-state index is 12.2. The van der Waals surface area contributed by atoms with E-state index in [0.29, 0.717) is 41.5 Å². The highest BCUT2D eigenvalue weighted by Gasteiger charge is 2.32. The van der Waals surface area contributed by atoms with Crippen molar-refractivity contribution in [3.05, 3.63) is 45.5 Å². The van der Waals surface area contributed by atoms with Gasteiger partial charge in [-0.15, -0.1) is 11.3 Å². The highest BCUT2D eigenvalue weighted by atomic mass is 32.1. The van der Waals surface area contributed by atoms with E-state index in [1.165, 1.54) is 11.3 Å². The van der Waals surface area contributed by atoms with Crippen LogP contribution in [-0.4, -0.2) is 31.1 Å². The van der Waals surface area contributed by atoms with Gasteiger partial charge >= 0.3 is 5.97 Å². The second-order valence-corrected chi connectivity index (χ2v) is 7.63. The van der Waals surface area contributed by atoms with Crippen LogP contribution in [0.15, 0.2) is 23.2 Å². The molecule has 1 aromatic carbocycles. The van der Waals surface area contributed by atoms with Crippen LogP contribution >= 0.6 is 11.3 Å². The Morgan fingerprint density at radius 1 is 1.31 bits per heavy atom. The van der Waals surface area contributed by atoms with E-state index in [1.807, 2.05) is 25.3 Å². The second-order valence-electron chi connectivity index (χ2n) is 6.74. The number of hydrogen-bond acceptors (Lipinski definition) is 7. The molecule has 0 unspecified atom stereocenters. The Hall–Kier alpha value is -2.87. The molecular formula is C21H24N2O5S. The number of amides is 1. The topological polar surface area (TPSA) is 86.8 Å². The molecule has 8 heteroatoms. The average Bonchev–Trinajstić information content (AvgIpc) is 3.35. The molecule has 2 aromatic rings. The highest BCUT2D eigenvalue weighted by Crippen LogP contribution is 2.42. The van der Waals surface area contributed by atoms with Crippen molar-refractivity contribution in [1.82, 2.24) is 4.98 Å². The van der Waals surface area contributed by atoms with Crippen molar-refractivity contribution in [3.8, 4) is 11.5 Å². The summed E-state index contributed by atoms with van der Waals surface area (Å²) in [4.78, 5) is 28.3. The zero-order valence-corrected chi connectivity index (χ0v) is 17.8. The molecule has 0 saturated heterocycles. The molecule has 29 heavy (non-hydrogen) atoms. The molecule has 3 rings (SSSR count). The van der Waals surface area contributed by atoms with Crippen LogP contribution in [0.25, 0.3) is 0 Å². The van der Waals surface area contributed by atoms with Gasteiger partial charge in [-0.3, -0.25) is 4.79 Å². The molecule has 1 aliphatic heterocycles. The summed E-state index contributed by atoms with van der Waals surface area (Å²) in [7, 11) is 3.15. The van der Waals surface area contributed by atoms with Crippen LogP contribution in [0.3, 0.4) is 0 Å². The number of rotatable bonds is 8. The number of benzene rings is 1. The molecule has 0 bridgehead atoms.